The Hall–Kier alpha value is -3.85. The molecule has 0 atom stereocenters. The molecule has 1 heterocycles. The lowest BCUT2D eigenvalue weighted by atomic mass is 10.1. The summed E-state index contributed by atoms with van der Waals surface area (Å²) in [5, 5.41) is 14.2. The highest BCUT2D eigenvalue weighted by atomic mass is 16.5. The van der Waals surface area contributed by atoms with Crippen molar-refractivity contribution in [1.29, 1.82) is 5.26 Å². The van der Waals surface area contributed by atoms with E-state index in [1.54, 1.807) is 18.0 Å². The first kappa shape index (κ1) is 20.9. The molecule has 0 bridgehead atoms. The van der Waals surface area contributed by atoms with Crippen LogP contribution in [0.1, 0.15) is 25.3 Å². The third kappa shape index (κ3) is 4.76. The number of benzene rings is 2. The summed E-state index contributed by atoms with van der Waals surface area (Å²) in [6, 6.07) is 19.1. The summed E-state index contributed by atoms with van der Waals surface area (Å²) >= 11 is 0. The van der Waals surface area contributed by atoms with Crippen molar-refractivity contribution in [3.8, 4) is 28.8 Å². The lowest BCUT2D eigenvalue weighted by Crippen LogP contribution is -2.07. The first-order valence-electron chi connectivity index (χ1n) is 9.75. The van der Waals surface area contributed by atoms with Gasteiger partial charge in [-0.05, 0) is 36.8 Å². The number of rotatable bonds is 8. The zero-order chi connectivity index (χ0) is 21.3. The summed E-state index contributed by atoms with van der Waals surface area (Å²) in [4.78, 5) is 12.3. The van der Waals surface area contributed by atoms with Gasteiger partial charge in [-0.1, -0.05) is 43.7 Å². The van der Waals surface area contributed by atoms with E-state index < -0.39 is 5.97 Å². The van der Waals surface area contributed by atoms with Gasteiger partial charge in [0.2, 0.25) is 0 Å². The van der Waals surface area contributed by atoms with Gasteiger partial charge in [0.05, 0.1) is 19.4 Å². The van der Waals surface area contributed by atoms with Gasteiger partial charge in [0, 0.05) is 17.3 Å². The maximum absolute atomic E-state index is 12.3. The van der Waals surface area contributed by atoms with Gasteiger partial charge in [-0.3, -0.25) is 0 Å². The number of ether oxygens (including phenoxy) is 2. The van der Waals surface area contributed by atoms with E-state index in [2.05, 4.69) is 0 Å². The van der Waals surface area contributed by atoms with E-state index in [1.807, 2.05) is 67.6 Å². The second-order valence-corrected chi connectivity index (χ2v) is 6.57. The van der Waals surface area contributed by atoms with Crippen molar-refractivity contribution in [2.75, 3.05) is 13.7 Å². The molecule has 6 nitrogen and oxygen atoms in total. The molecule has 1 aromatic heterocycles. The van der Waals surface area contributed by atoms with Gasteiger partial charge >= 0.3 is 5.97 Å². The normalized spacial score (nSPS) is 11.0. The Bertz CT molecular complexity index is 1080. The Morgan fingerprint density at radius 2 is 1.90 bits per heavy atom. The molecule has 0 amide bonds. The maximum atomic E-state index is 12.3. The van der Waals surface area contributed by atoms with Crippen LogP contribution in [0.2, 0.25) is 0 Å². The van der Waals surface area contributed by atoms with Gasteiger partial charge in [0.1, 0.15) is 23.1 Å². The number of para-hydroxylation sites is 2. The molecule has 0 N–H and O–H groups in total. The maximum Gasteiger partial charge on any atom is 0.348 e. The van der Waals surface area contributed by atoms with Crippen molar-refractivity contribution in [3.63, 3.8) is 0 Å². The summed E-state index contributed by atoms with van der Waals surface area (Å²) in [7, 11) is 1.59. The molecule has 0 spiro atoms. The smallest absolute Gasteiger partial charge is 0.348 e. The minimum atomic E-state index is -0.635. The van der Waals surface area contributed by atoms with E-state index in [0.29, 0.717) is 17.0 Å². The number of methoxy groups -OCH3 is 1. The number of nitriles is 1. The molecular formula is C24H23N3O3. The molecule has 3 aromatic rings. The second kappa shape index (κ2) is 10.1. The Kier molecular flexibility index (Phi) is 7.01. The SMILES string of the molecule is CCCCOC(=O)/C(C#N)=C/c1cn(-c2ccccc2)nc1-c1ccccc1OC. The summed E-state index contributed by atoms with van der Waals surface area (Å²) in [6.45, 7) is 2.30. The Balaban J connectivity index is 2.09. The number of carbonyl (C=O) groups is 1. The van der Waals surface area contributed by atoms with Gasteiger partial charge in [0.15, 0.2) is 0 Å². The van der Waals surface area contributed by atoms with Crippen molar-refractivity contribution in [1.82, 2.24) is 9.78 Å². The fourth-order valence-corrected chi connectivity index (χ4v) is 2.93. The molecule has 0 aliphatic carbocycles. The van der Waals surface area contributed by atoms with Gasteiger partial charge < -0.3 is 9.47 Å². The van der Waals surface area contributed by atoms with Crippen LogP contribution in [-0.4, -0.2) is 29.5 Å². The highest BCUT2D eigenvalue weighted by molar-refractivity contribution is 5.99. The summed E-state index contributed by atoms with van der Waals surface area (Å²) in [6.07, 6.45) is 4.96. The van der Waals surface area contributed by atoms with Crippen LogP contribution in [0.15, 0.2) is 66.4 Å². The summed E-state index contributed by atoms with van der Waals surface area (Å²) in [5.74, 6) is 0.0129. The zero-order valence-electron chi connectivity index (χ0n) is 17.0. The molecule has 6 heteroatoms. The standard InChI is InChI=1S/C24H23N3O3/c1-3-4-14-30-24(28)18(16-25)15-19-17-27(20-10-6-5-7-11-20)26-23(19)21-12-8-9-13-22(21)29-2/h5-13,15,17H,3-4,14H2,1-2H3/b18-15+. The number of carbonyl (C=O) groups excluding carboxylic acids is 1. The minimum absolute atomic E-state index is 0.0742. The van der Waals surface area contributed by atoms with Crippen LogP contribution in [0.5, 0.6) is 5.75 Å². The lowest BCUT2D eigenvalue weighted by molar-refractivity contribution is -0.138. The molecule has 3 rings (SSSR count). The van der Waals surface area contributed by atoms with E-state index in [0.717, 1.165) is 24.1 Å². The number of hydrogen-bond donors (Lipinski definition) is 0. The van der Waals surface area contributed by atoms with E-state index in [-0.39, 0.29) is 12.2 Å². The number of esters is 1. The van der Waals surface area contributed by atoms with Crippen molar-refractivity contribution >= 4 is 12.0 Å². The van der Waals surface area contributed by atoms with Gasteiger partial charge in [-0.2, -0.15) is 10.4 Å². The third-order valence-corrected chi connectivity index (χ3v) is 4.50. The average molecular weight is 401 g/mol. The van der Waals surface area contributed by atoms with Crippen LogP contribution in [0.3, 0.4) is 0 Å². The monoisotopic (exact) mass is 401 g/mol. The summed E-state index contributed by atoms with van der Waals surface area (Å²) in [5.41, 5.74) is 2.77. The third-order valence-electron chi connectivity index (χ3n) is 4.50. The molecule has 0 aliphatic heterocycles. The predicted octanol–water partition coefficient (Wildman–Crippen LogP) is 4.80. The van der Waals surface area contributed by atoms with E-state index >= 15 is 0 Å². The second-order valence-electron chi connectivity index (χ2n) is 6.57. The molecule has 30 heavy (non-hydrogen) atoms. The van der Waals surface area contributed by atoms with Crippen molar-refractivity contribution in [2.24, 2.45) is 0 Å². The van der Waals surface area contributed by atoms with Gasteiger partial charge in [0.25, 0.3) is 0 Å². The molecule has 0 radical (unpaired) electrons. The number of unbranched alkanes of at least 4 members (excludes halogenated alkanes) is 1. The molecule has 0 saturated carbocycles. The quantitative estimate of drug-likeness (QED) is 0.235. The topological polar surface area (TPSA) is 77.1 Å². The lowest BCUT2D eigenvalue weighted by Gasteiger charge is -2.07. The average Bonchev–Trinajstić information content (AvgIpc) is 3.21. The van der Waals surface area contributed by atoms with Gasteiger partial charge in [-0.25, -0.2) is 9.48 Å². The molecule has 0 aliphatic rings. The Labute approximate surface area is 176 Å². The van der Waals surface area contributed by atoms with Crippen LogP contribution < -0.4 is 4.74 Å². The molecule has 0 fully saturated rings. The predicted molar refractivity (Wildman–Crippen MR) is 115 cm³/mol. The van der Waals surface area contributed by atoms with Crippen LogP contribution in [0.25, 0.3) is 23.0 Å². The van der Waals surface area contributed by atoms with Crippen LogP contribution in [0, 0.1) is 11.3 Å². The number of nitrogens with zero attached hydrogens (tertiary/aromatic N) is 3. The van der Waals surface area contributed by atoms with E-state index in [1.165, 1.54) is 6.08 Å². The Morgan fingerprint density at radius 1 is 1.17 bits per heavy atom. The molecule has 0 saturated heterocycles. The van der Waals surface area contributed by atoms with Crippen molar-refractivity contribution in [3.05, 3.63) is 71.9 Å². The molecular weight excluding hydrogens is 378 g/mol. The van der Waals surface area contributed by atoms with E-state index in [9.17, 15) is 10.1 Å². The van der Waals surface area contributed by atoms with Crippen LogP contribution in [0.4, 0.5) is 0 Å². The largest absolute Gasteiger partial charge is 0.496 e. The highest BCUT2D eigenvalue weighted by Gasteiger charge is 2.18. The molecule has 0 unspecified atom stereocenters. The fourth-order valence-electron chi connectivity index (χ4n) is 2.93. The molecule has 2 aromatic carbocycles. The summed E-state index contributed by atoms with van der Waals surface area (Å²) < 4.78 is 12.4. The van der Waals surface area contributed by atoms with E-state index in [4.69, 9.17) is 14.6 Å². The molecule has 152 valence electrons. The fraction of sp³-hybridized carbons (Fsp3) is 0.208. The first-order chi connectivity index (χ1) is 14.7. The van der Waals surface area contributed by atoms with Crippen molar-refractivity contribution in [2.45, 2.75) is 19.8 Å². The minimum Gasteiger partial charge on any atom is -0.496 e. The highest BCUT2D eigenvalue weighted by Crippen LogP contribution is 2.32. The number of aromatic nitrogens is 2. The van der Waals surface area contributed by atoms with Crippen LogP contribution in [-0.2, 0) is 9.53 Å². The first-order valence-corrected chi connectivity index (χ1v) is 9.75. The van der Waals surface area contributed by atoms with Gasteiger partial charge in [-0.15, -0.1) is 0 Å². The Morgan fingerprint density at radius 3 is 2.60 bits per heavy atom. The number of hydrogen-bond acceptors (Lipinski definition) is 5. The van der Waals surface area contributed by atoms with Crippen LogP contribution >= 0.6 is 0 Å². The zero-order valence-corrected chi connectivity index (χ0v) is 17.0. The van der Waals surface area contributed by atoms with Crippen molar-refractivity contribution < 1.29 is 14.3 Å².